The van der Waals surface area contributed by atoms with E-state index in [1.807, 2.05) is 75.4 Å². The van der Waals surface area contributed by atoms with Gasteiger partial charge < -0.3 is 9.64 Å². The van der Waals surface area contributed by atoms with Gasteiger partial charge in [0.2, 0.25) is 0 Å². The minimum absolute atomic E-state index is 0.307. The van der Waals surface area contributed by atoms with Crippen LogP contribution in [0.3, 0.4) is 0 Å². The molecule has 0 aliphatic carbocycles. The average Bonchev–Trinajstić information content (AvgIpc) is 2.52. The molecule has 1 amide bonds. The van der Waals surface area contributed by atoms with Crippen LogP contribution in [0, 0.1) is 0 Å². The third-order valence-electron chi connectivity index (χ3n) is 3.48. The number of nitrogens with zero attached hydrogens (tertiary/aromatic N) is 1. The lowest BCUT2D eigenvalue weighted by Gasteiger charge is -2.27. The minimum atomic E-state index is -0.517. The number of carbonyl (C=O) groups is 1. The first kappa shape index (κ1) is 18.3. The number of amides is 1. The molecule has 0 saturated heterocycles. The molecule has 0 aromatic heterocycles. The molecule has 0 aliphatic heterocycles. The normalized spacial score (nSPS) is 11.2. The highest BCUT2D eigenvalue weighted by molar-refractivity contribution is 6.31. The largest absolute Gasteiger partial charge is 0.444 e. The molecule has 0 aliphatic rings. The molecule has 4 heteroatoms. The third-order valence-corrected chi connectivity index (χ3v) is 3.85. The van der Waals surface area contributed by atoms with E-state index in [2.05, 4.69) is 0 Å². The number of ether oxygens (including phenoxy) is 1. The van der Waals surface area contributed by atoms with E-state index in [1.54, 1.807) is 4.90 Å². The molecule has 0 spiro atoms. The van der Waals surface area contributed by atoms with Gasteiger partial charge in [0.1, 0.15) is 5.60 Å². The molecule has 0 N–H and O–H groups in total. The van der Waals surface area contributed by atoms with Gasteiger partial charge >= 0.3 is 6.09 Å². The van der Waals surface area contributed by atoms with Gasteiger partial charge in [-0.15, -0.1) is 0 Å². The molecule has 24 heavy (non-hydrogen) atoms. The summed E-state index contributed by atoms with van der Waals surface area (Å²) in [7, 11) is 0. The molecular formula is C20H24ClNO2. The maximum absolute atomic E-state index is 12.5. The summed E-state index contributed by atoms with van der Waals surface area (Å²) in [4.78, 5) is 14.3. The van der Waals surface area contributed by atoms with Crippen LogP contribution in [-0.4, -0.2) is 23.1 Å². The minimum Gasteiger partial charge on any atom is -0.444 e. The van der Waals surface area contributed by atoms with E-state index >= 15 is 0 Å². The van der Waals surface area contributed by atoms with E-state index in [0.717, 1.165) is 16.1 Å². The Balaban J connectivity index is 2.10. The van der Waals surface area contributed by atoms with Gasteiger partial charge in [-0.05, 0) is 44.4 Å². The van der Waals surface area contributed by atoms with Crippen LogP contribution >= 0.6 is 11.6 Å². The molecule has 0 radical (unpaired) electrons. The van der Waals surface area contributed by atoms with Gasteiger partial charge in [0.05, 0.1) is 0 Å². The highest BCUT2D eigenvalue weighted by Gasteiger charge is 2.22. The molecule has 0 atom stereocenters. The van der Waals surface area contributed by atoms with E-state index in [9.17, 15) is 4.79 Å². The Hall–Kier alpha value is -2.00. The van der Waals surface area contributed by atoms with Crippen LogP contribution in [0.25, 0.3) is 0 Å². The average molecular weight is 346 g/mol. The zero-order chi connectivity index (χ0) is 17.6. The second-order valence-corrected chi connectivity index (χ2v) is 7.14. The van der Waals surface area contributed by atoms with Gasteiger partial charge in [-0.3, -0.25) is 0 Å². The predicted octanol–water partition coefficient (Wildman–Crippen LogP) is 5.32. The van der Waals surface area contributed by atoms with Crippen LogP contribution in [0.15, 0.2) is 54.6 Å². The molecule has 0 saturated carbocycles. The van der Waals surface area contributed by atoms with Crippen molar-refractivity contribution < 1.29 is 9.53 Å². The number of hydrogen-bond acceptors (Lipinski definition) is 2. The van der Waals surface area contributed by atoms with Gasteiger partial charge in [-0.2, -0.15) is 0 Å². The van der Waals surface area contributed by atoms with Gasteiger partial charge in [0, 0.05) is 18.1 Å². The van der Waals surface area contributed by atoms with Crippen molar-refractivity contribution in [1.82, 2.24) is 4.90 Å². The van der Waals surface area contributed by atoms with Crippen molar-refractivity contribution in [2.45, 2.75) is 39.3 Å². The standard InChI is InChI=1S/C20H24ClNO2/c1-20(2,3)24-19(23)22(15-16-9-5-4-6-10-16)14-13-17-11-7-8-12-18(17)21/h4-12H,13-15H2,1-3H3. The molecule has 128 valence electrons. The Morgan fingerprint density at radius 3 is 2.29 bits per heavy atom. The van der Waals surface area contributed by atoms with Gasteiger partial charge in [0.15, 0.2) is 0 Å². The fourth-order valence-corrected chi connectivity index (χ4v) is 2.55. The van der Waals surface area contributed by atoms with Gasteiger partial charge in [0.25, 0.3) is 0 Å². The van der Waals surface area contributed by atoms with Crippen LogP contribution < -0.4 is 0 Å². The van der Waals surface area contributed by atoms with Crippen molar-refractivity contribution >= 4 is 17.7 Å². The summed E-state index contributed by atoms with van der Waals surface area (Å²) in [6, 6.07) is 17.6. The predicted molar refractivity (Wildman–Crippen MR) is 98.2 cm³/mol. The molecule has 2 rings (SSSR count). The maximum Gasteiger partial charge on any atom is 0.410 e. The molecule has 0 unspecified atom stereocenters. The van der Waals surface area contributed by atoms with E-state index < -0.39 is 5.60 Å². The van der Waals surface area contributed by atoms with Crippen molar-refractivity contribution in [2.75, 3.05) is 6.54 Å². The zero-order valence-corrected chi connectivity index (χ0v) is 15.2. The summed E-state index contributed by atoms with van der Waals surface area (Å²) in [6.45, 7) is 6.69. The summed E-state index contributed by atoms with van der Waals surface area (Å²) in [5.74, 6) is 0. The van der Waals surface area contributed by atoms with Crippen molar-refractivity contribution in [1.29, 1.82) is 0 Å². The third kappa shape index (κ3) is 5.89. The Labute approximate surface area is 149 Å². The number of benzene rings is 2. The lowest BCUT2D eigenvalue weighted by atomic mass is 10.1. The maximum atomic E-state index is 12.5. The second-order valence-electron chi connectivity index (χ2n) is 6.73. The zero-order valence-electron chi connectivity index (χ0n) is 14.5. The first-order valence-corrected chi connectivity index (χ1v) is 8.48. The quantitative estimate of drug-likeness (QED) is 0.734. The van der Waals surface area contributed by atoms with Crippen LogP contribution in [0.2, 0.25) is 5.02 Å². The van der Waals surface area contributed by atoms with Crippen LogP contribution in [0.4, 0.5) is 4.79 Å². The van der Waals surface area contributed by atoms with Crippen molar-refractivity contribution in [3.63, 3.8) is 0 Å². The summed E-state index contributed by atoms with van der Waals surface area (Å²) >= 11 is 6.22. The lowest BCUT2D eigenvalue weighted by molar-refractivity contribution is 0.0236. The SMILES string of the molecule is CC(C)(C)OC(=O)N(CCc1ccccc1Cl)Cc1ccccc1. The highest BCUT2D eigenvalue weighted by Crippen LogP contribution is 2.18. The topological polar surface area (TPSA) is 29.5 Å². The molecule has 0 heterocycles. The lowest BCUT2D eigenvalue weighted by Crippen LogP contribution is -2.37. The number of rotatable bonds is 5. The van der Waals surface area contributed by atoms with Crippen LogP contribution in [-0.2, 0) is 17.7 Å². The van der Waals surface area contributed by atoms with E-state index in [-0.39, 0.29) is 6.09 Å². The second kappa shape index (κ2) is 8.20. The summed E-state index contributed by atoms with van der Waals surface area (Å²) in [6.07, 6.45) is 0.379. The van der Waals surface area contributed by atoms with Crippen molar-refractivity contribution in [3.8, 4) is 0 Å². The van der Waals surface area contributed by atoms with Crippen molar-refractivity contribution in [3.05, 3.63) is 70.7 Å². The molecule has 2 aromatic carbocycles. The fraction of sp³-hybridized carbons (Fsp3) is 0.350. The van der Waals surface area contributed by atoms with Crippen LogP contribution in [0.1, 0.15) is 31.9 Å². The molecular weight excluding hydrogens is 322 g/mol. The monoisotopic (exact) mass is 345 g/mol. The smallest absolute Gasteiger partial charge is 0.410 e. The summed E-state index contributed by atoms with van der Waals surface area (Å²) in [5, 5.41) is 0.723. The first-order valence-electron chi connectivity index (χ1n) is 8.10. The first-order chi connectivity index (χ1) is 11.3. The fourth-order valence-electron chi connectivity index (χ4n) is 2.32. The van der Waals surface area contributed by atoms with Crippen LogP contribution in [0.5, 0.6) is 0 Å². The number of hydrogen-bond donors (Lipinski definition) is 0. The molecule has 2 aromatic rings. The van der Waals surface area contributed by atoms with Gasteiger partial charge in [-0.25, -0.2) is 4.79 Å². The Kier molecular flexibility index (Phi) is 6.27. The summed E-state index contributed by atoms with van der Waals surface area (Å²) in [5.41, 5.74) is 1.58. The number of carbonyl (C=O) groups excluding carboxylic acids is 1. The highest BCUT2D eigenvalue weighted by atomic mass is 35.5. The van der Waals surface area contributed by atoms with E-state index in [1.165, 1.54) is 0 Å². The van der Waals surface area contributed by atoms with E-state index in [4.69, 9.17) is 16.3 Å². The molecule has 0 fully saturated rings. The van der Waals surface area contributed by atoms with Crippen molar-refractivity contribution in [2.24, 2.45) is 0 Å². The number of halogens is 1. The summed E-state index contributed by atoms with van der Waals surface area (Å²) < 4.78 is 5.54. The molecule has 0 bridgehead atoms. The molecule has 3 nitrogen and oxygen atoms in total. The van der Waals surface area contributed by atoms with Gasteiger partial charge in [-0.1, -0.05) is 60.1 Å². The Morgan fingerprint density at radius 1 is 1.04 bits per heavy atom. The Bertz CT molecular complexity index is 665. The Morgan fingerprint density at radius 2 is 1.67 bits per heavy atom. The van der Waals surface area contributed by atoms with E-state index in [0.29, 0.717) is 19.5 Å².